The molecule has 0 N–H and O–H groups in total. The molecule has 0 heterocycles. The van der Waals surface area contributed by atoms with Crippen LogP contribution < -0.4 is 9.80 Å². The summed E-state index contributed by atoms with van der Waals surface area (Å²) in [6, 6.07) is 52.9. The predicted molar refractivity (Wildman–Crippen MR) is 260 cm³/mol. The van der Waals surface area contributed by atoms with E-state index in [0.717, 1.165) is 34.1 Å². The van der Waals surface area contributed by atoms with Crippen molar-refractivity contribution in [3.05, 3.63) is 167 Å². The first-order valence-corrected chi connectivity index (χ1v) is 22.2. The van der Waals surface area contributed by atoms with Gasteiger partial charge in [-0.25, -0.2) is 0 Å². The normalized spacial score (nSPS) is 12.7. The van der Waals surface area contributed by atoms with Crippen LogP contribution in [0.4, 0.5) is 34.1 Å². The summed E-state index contributed by atoms with van der Waals surface area (Å²) in [6.45, 7) is 34.2. The molecule has 0 amide bonds. The SMILES string of the molecule is CC(C)(C)c1ccc(Sc2cc(N(c3ccc(C(C)(C)C)cc3)c3ccc(C(C)(C)C)cc3)cc(N(c3ccc(C(C)(C)C)cc3)c3ccc(C(C)(C)C)cc3)c2)cc1. The van der Waals surface area contributed by atoms with Crippen molar-refractivity contribution in [1.29, 1.82) is 0 Å². The van der Waals surface area contributed by atoms with Gasteiger partial charge in [0.05, 0.1) is 0 Å². The highest BCUT2D eigenvalue weighted by atomic mass is 32.2. The molecule has 0 aliphatic heterocycles. The molecule has 0 bridgehead atoms. The fourth-order valence-electron chi connectivity index (χ4n) is 7.38. The molecule has 6 aromatic rings. The van der Waals surface area contributed by atoms with E-state index >= 15 is 0 Å². The van der Waals surface area contributed by atoms with E-state index in [0.29, 0.717) is 0 Å². The van der Waals surface area contributed by atoms with Gasteiger partial charge in [0.1, 0.15) is 0 Å². The van der Waals surface area contributed by atoms with Crippen LogP contribution >= 0.6 is 11.8 Å². The molecule has 0 radical (unpaired) electrons. The number of anilines is 6. The van der Waals surface area contributed by atoms with Gasteiger partial charge in [-0.15, -0.1) is 0 Å². The van der Waals surface area contributed by atoms with Gasteiger partial charge in [-0.1, -0.05) is 176 Å². The second kappa shape index (κ2) is 16.4. The Kier molecular flexibility index (Phi) is 12.2. The molecule has 6 rings (SSSR count). The van der Waals surface area contributed by atoms with Crippen LogP contribution in [0.25, 0.3) is 0 Å². The lowest BCUT2D eigenvalue weighted by Gasteiger charge is -2.31. The second-order valence-corrected chi connectivity index (χ2v) is 22.6. The molecule has 0 saturated heterocycles. The van der Waals surface area contributed by atoms with Gasteiger partial charge >= 0.3 is 0 Å². The van der Waals surface area contributed by atoms with Gasteiger partial charge in [-0.2, -0.15) is 0 Å². The van der Waals surface area contributed by atoms with E-state index < -0.39 is 0 Å². The van der Waals surface area contributed by atoms with Gasteiger partial charge in [-0.05, 0) is 134 Å². The van der Waals surface area contributed by atoms with Gasteiger partial charge in [0, 0.05) is 43.9 Å². The third-order valence-electron chi connectivity index (χ3n) is 11.3. The molecule has 6 aromatic carbocycles. The lowest BCUT2D eigenvalue weighted by Crippen LogP contribution is -2.16. The van der Waals surface area contributed by atoms with E-state index in [9.17, 15) is 0 Å². The first kappa shape index (κ1) is 43.8. The standard InChI is InChI=1S/C56H68N2S/c1-52(2,3)39-16-26-44(27-17-39)57(45-28-18-40(19-29-45)53(4,5)6)48-36-49(38-51(37-48)59-50-34-24-43(25-35-50)56(13,14)15)58(46-30-20-41(21-31-46)54(7,8)9)47-32-22-42(23-33-47)55(10,11)12/h16-38H,1-15H3. The van der Waals surface area contributed by atoms with E-state index in [1.165, 1.54) is 37.6 Å². The van der Waals surface area contributed by atoms with Crippen molar-refractivity contribution in [3.8, 4) is 0 Å². The number of rotatable bonds is 8. The fourth-order valence-corrected chi connectivity index (χ4v) is 8.28. The number of hydrogen-bond donors (Lipinski definition) is 0. The van der Waals surface area contributed by atoms with Crippen LogP contribution in [0.3, 0.4) is 0 Å². The van der Waals surface area contributed by atoms with E-state index in [-0.39, 0.29) is 27.1 Å². The number of nitrogens with zero attached hydrogens (tertiary/aromatic N) is 2. The average molecular weight is 801 g/mol. The molecule has 0 unspecified atom stereocenters. The first-order valence-electron chi connectivity index (χ1n) is 21.3. The minimum absolute atomic E-state index is 0.0512. The van der Waals surface area contributed by atoms with Crippen LogP contribution in [0.2, 0.25) is 0 Å². The zero-order valence-electron chi connectivity index (χ0n) is 38.6. The monoisotopic (exact) mass is 801 g/mol. The molecule has 0 atom stereocenters. The number of hydrogen-bond acceptors (Lipinski definition) is 3. The largest absolute Gasteiger partial charge is 0.310 e. The molecule has 59 heavy (non-hydrogen) atoms. The maximum Gasteiger partial charge on any atom is 0.0493 e. The van der Waals surface area contributed by atoms with Crippen molar-refractivity contribution < 1.29 is 0 Å². The fraction of sp³-hybridized carbons (Fsp3) is 0.357. The minimum Gasteiger partial charge on any atom is -0.310 e. The van der Waals surface area contributed by atoms with Gasteiger partial charge in [-0.3, -0.25) is 0 Å². The Labute approximate surface area is 362 Å². The molecule has 2 nitrogen and oxygen atoms in total. The Balaban J connectivity index is 1.60. The zero-order chi connectivity index (χ0) is 43.1. The molecule has 3 heteroatoms. The zero-order valence-corrected chi connectivity index (χ0v) is 39.4. The van der Waals surface area contributed by atoms with Crippen LogP contribution in [0.5, 0.6) is 0 Å². The van der Waals surface area contributed by atoms with Crippen molar-refractivity contribution in [2.24, 2.45) is 0 Å². The summed E-state index contributed by atoms with van der Waals surface area (Å²) >= 11 is 1.82. The highest BCUT2D eigenvalue weighted by molar-refractivity contribution is 7.99. The molecule has 0 aromatic heterocycles. The summed E-state index contributed by atoms with van der Waals surface area (Å²) in [5, 5.41) is 0. The van der Waals surface area contributed by atoms with Crippen LogP contribution in [-0.2, 0) is 27.1 Å². The molecular formula is C56H68N2S. The van der Waals surface area contributed by atoms with Gasteiger partial charge in [0.25, 0.3) is 0 Å². The van der Waals surface area contributed by atoms with Gasteiger partial charge in [0.2, 0.25) is 0 Å². The maximum absolute atomic E-state index is 2.43. The summed E-state index contributed by atoms with van der Waals surface area (Å²) in [4.78, 5) is 7.25. The average Bonchev–Trinajstić information content (AvgIpc) is 3.14. The Hall–Kier alpha value is -4.73. The Morgan fingerprint density at radius 2 is 0.475 bits per heavy atom. The summed E-state index contributed by atoms with van der Waals surface area (Å²) < 4.78 is 0. The topological polar surface area (TPSA) is 6.48 Å². The highest BCUT2D eigenvalue weighted by Crippen LogP contribution is 2.45. The molecule has 0 saturated carbocycles. The van der Waals surface area contributed by atoms with Gasteiger partial charge in [0.15, 0.2) is 0 Å². The van der Waals surface area contributed by atoms with Crippen molar-refractivity contribution in [2.45, 2.75) is 141 Å². The van der Waals surface area contributed by atoms with E-state index in [1.807, 2.05) is 11.8 Å². The van der Waals surface area contributed by atoms with Crippen LogP contribution in [0.15, 0.2) is 149 Å². The summed E-state index contributed by atoms with van der Waals surface area (Å²) in [7, 11) is 0. The lowest BCUT2D eigenvalue weighted by molar-refractivity contribution is 0.589. The van der Waals surface area contributed by atoms with Crippen molar-refractivity contribution in [2.75, 3.05) is 9.80 Å². The van der Waals surface area contributed by atoms with Crippen LogP contribution in [0, 0.1) is 0 Å². The number of benzene rings is 6. The molecular weight excluding hydrogens is 733 g/mol. The second-order valence-electron chi connectivity index (χ2n) is 21.4. The van der Waals surface area contributed by atoms with Crippen molar-refractivity contribution in [3.63, 3.8) is 0 Å². The van der Waals surface area contributed by atoms with E-state index in [1.54, 1.807) is 0 Å². The molecule has 0 fully saturated rings. The smallest absolute Gasteiger partial charge is 0.0493 e. The third kappa shape index (κ3) is 10.5. The molecule has 308 valence electrons. The van der Waals surface area contributed by atoms with Crippen LogP contribution in [0.1, 0.15) is 132 Å². The van der Waals surface area contributed by atoms with Gasteiger partial charge < -0.3 is 9.80 Å². The van der Waals surface area contributed by atoms with E-state index in [2.05, 4.69) is 253 Å². The summed E-state index contributed by atoms with van der Waals surface area (Å²) in [5.41, 5.74) is 13.6. The summed E-state index contributed by atoms with van der Waals surface area (Å²) in [5.74, 6) is 0. The third-order valence-corrected chi connectivity index (χ3v) is 12.3. The maximum atomic E-state index is 2.43. The highest BCUT2D eigenvalue weighted by Gasteiger charge is 2.24. The molecule has 0 aliphatic carbocycles. The lowest BCUT2D eigenvalue weighted by atomic mass is 9.86. The molecule has 0 spiro atoms. The first-order chi connectivity index (χ1) is 27.4. The molecule has 0 aliphatic rings. The summed E-state index contributed by atoms with van der Waals surface area (Å²) in [6.07, 6.45) is 0. The Morgan fingerprint density at radius 3 is 0.695 bits per heavy atom. The predicted octanol–water partition coefficient (Wildman–Crippen LogP) is 17.3. The van der Waals surface area contributed by atoms with Crippen molar-refractivity contribution in [1.82, 2.24) is 0 Å². The Morgan fingerprint density at radius 1 is 0.254 bits per heavy atom. The quantitative estimate of drug-likeness (QED) is 0.151. The van der Waals surface area contributed by atoms with Crippen LogP contribution in [-0.4, -0.2) is 0 Å². The Bertz CT molecular complexity index is 2060. The van der Waals surface area contributed by atoms with E-state index in [4.69, 9.17) is 0 Å². The van der Waals surface area contributed by atoms with Crippen molar-refractivity contribution >= 4 is 45.9 Å². The minimum atomic E-state index is 0.0512.